The average Bonchev–Trinajstić information content (AvgIpc) is 2.28. The average molecular weight is 271 g/mol. The lowest BCUT2D eigenvalue weighted by molar-refractivity contribution is -0.118. The lowest BCUT2D eigenvalue weighted by Gasteiger charge is -2.17. The molecule has 0 aliphatic rings. The number of hydrogen-bond donors (Lipinski definition) is 2. The van der Waals surface area contributed by atoms with Crippen molar-refractivity contribution in [2.75, 3.05) is 13.6 Å². The van der Waals surface area contributed by atoms with E-state index in [9.17, 15) is 13.2 Å². The van der Waals surface area contributed by atoms with Gasteiger partial charge < -0.3 is 11.5 Å². The quantitative estimate of drug-likeness (QED) is 0.757. The van der Waals surface area contributed by atoms with Gasteiger partial charge in [0.2, 0.25) is 15.9 Å². The molecule has 0 aliphatic heterocycles. The van der Waals surface area contributed by atoms with Crippen molar-refractivity contribution in [1.29, 1.82) is 0 Å². The van der Waals surface area contributed by atoms with Crippen LogP contribution in [-0.4, -0.2) is 32.2 Å². The molecule has 0 aliphatic carbocycles. The van der Waals surface area contributed by atoms with Crippen LogP contribution in [0.25, 0.3) is 0 Å². The Morgan fingerprint density at radius 3 is 2.50 bits per heavy atom. The van der Waals surface area contributed by atoms with E-state index in [1.165, 1.54) is 13.1 Å². The smallest absolute Gasteiger partial charge is 0.243 e. The maximum atomic E-state index is 12.2. The van der Waals surface area contributed by atoms with Crippen LogP contribution in [0.15, 0.2) is 23.1 Å². The molecule has 6 nitrogen and oxygen atoms in total. The Labute approximate surface area is 107 Å². The number of benzene rings is 1. The second-order valence-electron chi connectivity index (χ2n) is 4.03. The Morgan fingerprint density at radius 1 is 1.39 bits per heavy atom. The molecule has 1 rings (SSSR count). The molecule has 0 aromatic heterocycles. The van der Waals surface area contributed by atoms with Crippen LogP contribution in [0.5, 0.6) is 0 Å². The molecule has 0 spiro atoms. The van der Waals surface area contributed by atoms with Crippen molar-refractivity contribution in [1.82, 2.24) is 4.31 Å². The zero-order valence-electron chi connectivity index (χ0n) is 10.4. The summed E-state index contributed by atoms with van der Waals surface area (Å²) in [5, 5.41) is 0. The fraction of sp³-hybridized carbons (Fsp3) is 0.364. The lowest BCUT2D eigenvalue weighted by Crippen LogP contribution is -2.35. The normalized spacial score (nSPS) is 11.8. The van der Waals surface area contributed by atoms with Crippen LogP contribution in [0.3, 0.4) is 0 Å². The summed E-state index contributed by atoms with van der Waals surface area (Å²) in [5.74, 6) is -0.700. The summed E-state index contributed by atoms with van der Waals surface area (Å²) < 4.78 is 25.4. The highest BCUT2D eigenvalue weighted by Gasteiger charge is 2.24. The van der Waals surface area contributed by atoms with Gasteiger partial charge in [0.15, 0.2) is 0 Å². The fourth-order valence-corrected chi connectivity index (χ4v) is 2.93. The first kappa shape index (κ1) is 14.6. The van der Waals surface area contributed by atoms with E-state index < -0.39 is 15.9 Å². The standard InChI is InChI=1S/C11H17N3O3S/c1-8-3-4-9(6-12)5-10(8)18(16,17)14(2)7-11(13)15/h3-5H,6-7,12H2,1-2H3,(H2,13,15). The van der Waals surface area contributed by atoms with Gasteiger partial charge in [-0.25, -0.2) is 8.42 Å². The molecule has 0 saturated carbocycles. The fourth-order valence-electron chi connectivity index (χ4n) is 1.52. The number of aryl methyl sites for hydroxylation is 1. The molecule has 100 valence electrons. The van der Waals surface area contributed by atoms with Crippen LogP contribution in [0, 0.1) is 6.92 Å². The molecule has 1 amide bonds. The number of hydrogen-bond acceptors (Lipinski definition) is 4. The van der Waals surface area contributed by atoms with Crippen molar-refractivity contribution in [3.63, 3.8) is 0 Å². The molecule has 0 unspecified atom stereocenters. The maximum absolute atomic E-state index is 12.2. The van der Waals surface area contributed by atoms with Crippen LogP contribution >= 0.6 is 0 Å². The van der Waals surface area contributed by atoms with E-state index in [0.29, 0.717) is 11.1 Å². The van der Waals surface area contributed by atoms with E-state index in [-0.39, 0.29) is 18.0 Å². The van der Waals surface area contributed by atoms with Crippen LogP contribution in [0.4, 0.5) is 0 Å². The van der Waals surface area contributed by atoms with Gasteiger partial charge in [-0.05, 0) is 24.1 Å². The number of carbonyl (C=O) groups excluding carboxylic acids is 1. The van der Waals surface area contributed by atoms with E-state index in [4.69, 9.17) is 11.5 Å². The number of primary amides is 1. The number of rotatable bonds is 5. The van der Waals surface area contributed by atoms with E-state index in [1.807, 2.05) is 0 Å². The largest absolute Gasteiger partial charge is 0.369 e. The molecule has 4 N–H and O–H groups in total. The molecule has 0 fully saturated rings. The van der Waals surface area contributed by atoms with Gasteiger partial charge in [-0.15, -0.1) is 0 Å². The molecule has 0 atom stereocenters. The maximum Gasteiger partial charge on any atom is 0.243 e. The summed E-state index contributed by atoms with van der Waals surface area (Å²) in [6.07, 6.45) is 0. The minimum Gasteiger partial charge on any atom is -0.369 e. The highest BCUT2D eigenvalue weighted by Crippen LogP contribution is 2.20. The molecule has 7 heteroatoms. The van der Waals surface area contributed by atoms with Crippen molar-refractivity contribution in [2.45, 2.75) is 18.4 Å². The van der Waals surface area contributed by atoms with Crippen molar-refractivity contribution in [3.8, 4) is 0 Å². The van der Waals surface area contributed by atoms with E-state index in [0.717, 1.165) is 4.31 Å². The molecule has 0 bridgehead atoms. The summed E-state index contributed by atoms with van der Waals surface area (Å²) in [6.45, 7) is 1.59. The Hall–Kier alpha value is -1.44. The first-order valence-electron chi connectivity index (χ1n) is 5.33. The van der Waals surface area contributed by atoms with Gasteiger partial charge in [-0.2, -0.15) is 4.31 Å². The number of likely N-dealkylation sites (N-methyl/N-ethyl adjacent to an activating group) is 1. The third-order valence-electron chi connectivity index (χ3n) is 2.55. The third kappa shape index (κ3) is 3.06. The van der Waals surface area contributed by atoms with E-state index in [1.54, 1.807) is 19.1 Å². The van der Waals surface area contributed by atoms with Gasteiger partial charge in [-0.3, -0.25) is 4.79 Å². The summed E-state index contributed by atoms with van der Waals surface area (Å²) in [7, 11) is -2.41. The Morgan fingerprint density at radius 2 is 2.00 bits per heavy atom. The number of sulfonamides is 1. The molecule has 0 radical (unpaired) electrons. The van der Waals surface area contributed by atoms with Crippen LogP contribution in [0.1, 0.15) is 11.1 Å². The molecule has 0 saturated heterocycles. The van der Waals surface area contributed by atoms with Gasteiger partial charge in [0.1, 0.15) is 0 Å². The van der Waals surface area contributed by atoms with Gasteiger partial charge >= 0.3 is 0 Å². The highest BCUT2D eigenvalue weighted by molar-refractivity contribution is 7.89. The molecular weight excluding hydrogens is 254 g/mol. The summed E-state index contributed by atoms with van der Waals surface area (Å²) in [4.78, 5) is 10.9. The predicted molar refractivity (Wildman–Crippen MR) is 68.1 cm³/mol. The molecule has 18 heavy (non-hydrogen) atoms. The van der Waals surface area contributed by atoms with Gasteiger partial charge in [-0.1, -0.05) is 12.1 Å². The van der Waals surface area contributed by atoms with Gasteiger partial charge in [0.05, 0.1) is 11.4 Å². The zero-order valence-corrected chi connectivity index (χ0v) is 11.2. The van der Waals surface area contributed by atoms with Gasteiger partial charge in [0.25, 0.3) is 0 Å². The van der Waals surface area contributed by atoms with Gasteiger partial charge in [0, 0.05) is 13.6 Å². The van der Waals surface area contributed by atoms with E-state index >= 15 is 0 Å². The van der Waals surface area contributed by atoms with E-state index in [2.05, 4.69) is 0 Å². The summed E-state index contributed by atoms with van der Waals surface area (Å²) in [5.41, 5.74) is 11.8. The van der Waals surface area contributed by atoms with Crippen LogP contribution in [-0.2, 0) is 21.4 Å². The number of nitrogens with zero attached hydrogens (tertiary/aromatic N) is 1. The number of nitrogens with two attached hydrogens (primary N) is 2. The SMILES string of the molecule is Cc1ccc(CN)cc1S(=O)(=O)N(C)CC(N)=O. The van der Waals surface area contributed by atoms with Crippen LogP contribution in [0.2, 0.25) is 0 Å². The minimum atomic E-state index is -3.72. The number of carbonyl (C=O) groups is 1. The molecule has 0 heterocycles. The first-order chi connectivity index (χ1) is 8.28. The summed E-state index contributed by atoms with van der Waals surface area (Å²) >= 11 is 0. The van der Waals surface area contributed by atoms with Crippen molar-refractivity contribution in [2.24, 2.45) is 11.5 Å². The van der Waals surface area contributed by atoms with Crippen molar-refractivity contribution in [3.05, 3.63) is 29.3 Å². The number of amides is 1. The second kappa shape index (κ2) is 5.47. The van der Waals surface area contributed by atoms with Crippen molar-refractivity contribution < 1.29 is 13.2 Å². The second-order valence-corrected chi connectivity index (χ2v) is 6.04. The minimum absolute atomic E-state index is 0.147. The Bertz CT molecular complexity index is 555. The predicted octanol–water partition coefficient (Wildman–Crippen LogP) is -0.440. The zero-order chi connectivity index (χ0) is 13.9. The third-order valence-corrected chi connectivity index (χ3v) is 4.50. The molecule has 1 aromatic rings. The van der Waals surface area contributed by atoms with Crippen molar-refractivity contribution >= 4 is 15.9 Å². The lowest BCUT2D eigenvalue weighted by atomic mass is 10.1. The first-order valence-corrected chi connectivity index (χ1v) is 6.77. The Balaban J connectivity index is 3.23. The summed E-state index contributed by atoms with van der Waals surface area (Å²) in [6, 6.07) is 4.97. The monoisotopic (exact) mass is 271 g/mol. The van der Waals surface area contributed by atoms with Crippen LogP contribution < -0.4 is 11.5 Å². The highest BCUT2D eigenvalue weighted by atomic mass is 32.2. The topological polar surface area (TPSA) is 106 Å². The molecular formula is C11H17N3O3S. The Kier molecular flexibility index (Phi) is 4.44. The molecule has 1 aromatic carbocycles.